The molecule has 1 aromatic rings. The average Bonchev–Trinajstić information content (AvgIpc) is 2.04. The van der Waals surface area contributed by atoms with Crippen LogP contribution in [0.1, 0.15) is 27.7 Å². The lowest BCUT2D eigenvalue weighted by atomic mass is 9.90. The molecule has 0 saturated carbocycles. The molecular weight excluding hydrogens is 162 g/mol. The monoisotopic (exact) mass is 179 g/mol. The molecule has 0 aliphatic carbocycles. The van der Waals surface area contributed by atoms with E-state index in [1.165, 1.54) is 0 Å². The molecule has 0 radical (unpaired) electrons. The summed E-state index contributed by atoms with van der Waals surface area (Å²) in [7, 11) is 0. The minimum absolute atomic E-state index is 0.163. The first kappa shape index (κ1) is 10.0. The van der Waals surface area contributed by atoms with E-state index in [0.29, 0.717) is 0 Å². The van der Waals surface area contributed by atoms with E-state index in [9.17, 15) is 0 Å². The van der Waals surface area contributed by atoms with Crippen molar-refractivity contribution in [1.82, 2.24) is 4.98 Å². The molecule has 72 valence electrons. The van der Waals surface area contributed by atoms with Gasteiger partial charge in [-0.2, -0.15) is 0 Å². The summed E-state index contributed by atoms with van der Waals surface area (Å²) in [5.74, 6) is 0.838. The molecule has 0 fully saturated rings. The maximum atomic E-state index is 5.72. The second-order valence-electron chi connectivity index (χ2n) is 4.31. The smallest absolute Gasteiger partial charge is 0.138 e. The first-order valence-corrected chi connectivity index (χ1v) is 4.57. The molecule has 0 aliphatic heterocycles. The third kappa shape index (κ3) is 3.05. The Morgan fingerprint density at radius 2 is 2.08 bits per heavy atom. The Labute approximate surface area is 80.0 Å². The van der Waals surface area contributed by atoms with Crippen LogP contribution in [0.15, 0.2) is 24.5 Å². The zero-order chi connectivity index (χ0) is 9.90. The Hall–Kier alpha value is -1.05. The number of pyridine rings is 1. The second-order valence-corrected chi connectivity index (χ2v) is 4.31. The maximum absolute atomic E-state index is 5.72. The molecule has 1 rings (SSSR count). The maximum Gasteiger partial charge on any atom is 0.138 e. The Morgan fingerprint density at radius 3 is 2.54 bits per heavy atom. The van der Waals surface area contributed by atoms with Crippen molar-refractivity contribution in [2.45, 2.75) is 33.8 Å². The summed E-state index contributed by atoms with van der Waals surface area (Å²) in [4.78, 5) is 3.99. The highest BCUT2D eigenvalue weighted by Gasteiger charge is 2.21. The van der Waals surface area contributed by atoms with Gasteiger partial charge in [0.25, 0.3) is 0 Å². The van der Waals surface area contributed by atoms with Gasteiger partial charge in [0.2, 0.25) is 0 Å². The number of hydrogen-bond acceptors (Lipinski definition) is 2. The summed E-state index contributed by atoms with van der Waals surface area (Å²) >= 11 is 0. The van der Waals surface area contributed by atoms with Crippen molar-refractivity contribution in [3.8, 4) is 5.75 Å². The van der Waals surface area contributed by atoms with Crippen molar-refractivity contribution in [3.05, 3.63) is 24.5 Å². The highest BCUT2D eigenvalue weighted by atomic mass is 16.5. The van der Waals surface area contributed by atoms with Crippen molar-refractivity contribution in [2.75, 3.05) is 0 Å². The van der Waals surface area contributed by atoms with Crippen LogP contribution >= 0.6 is 0 Å². The molecule has 2 nitrogen and oxygen atoms in total. The van der Waals surface area contributed by atoms with Crippen LogP contribution in [-0.2, 0) is 0 Å². The van der Waals surface area contributed by atoms with Gasteiger partial charge in [0.1, 0.15) is 11.9 Å². The van der Waals surface area contributed by atoms with Gasteiger partial charge in [0.15, 0.2) is 0 Å². The van der Waals surface area contributed by atoms with Gasteiger partial charge in [0.05, 0.1) is 6.20 Å². The van der Waals surface area contributed by atoms with Crippen molar-refractivity contribution in [3.63, 3.8) is 0 Å². The third-order valence-corrected chi connectivity index (χ3v) is 2.17. The normalized spacial score (nSPS) is 13.8. The Bertz CT molecular complexity index is 251. The van der Waals surface area contributed by atoms with Crippen LogP contribution in [0.2, 0.25) is 0 Å². The second kappa shape index (κ2) is 3.77. The molecular formula is C11H17NO. The Balaban J connectivity index is 2.61. The van der Waals surface area contributed by atoms with E-state index < -0.39 is 0 Å². The molecule has 0 saturated heterocycles. The molecule has 13 heavy (non-hydrogen) atoms. The number of hydrogen-bond donors (Lipinski definition) is 0. The minimum Gasteiger partial charge on any atom is -0.489 e. The first-order valence-electron chi connectivity index (χ1n) is 4.57. The lowest BCUT2D eigenvalue weighted by molar-refractivity contribution is 0.103. The third-order valence-electron chi connectivity index (χ3n) is 2.17. The molecule has 0 aromatic carbocycles. The van der Waals surface area contributed by atoms with Crippen molar-refractivity contribution < 1.29 is 4.74 Å². The zero-order valence-electron chi connectivity index (χ0n) is 8.74. The SMILES string of the molecule is C[C@@H](Oc1cccnc1)C(C)(C)C. The van der Waals surface area contributed by atoms with Gasteiger partial charge in [-0.05, 0) is 24.5 Å². The van der Waals surface area contributed by atoms with Crippen LogP contribution in [0.3, 0.4) is 0 Å². The lowest BCUT2D eigenvalue weighted by Crippen LogP contribution is -2.28. The summed E-state index contributed by atoms with van der Waals surface area (Å²) < 4.78 is 5.72. The lowest BCUT2D eigenvalue weighted by Gasteiger charge is -2.27. The fourth-order valence-corrected chi connectivity index (χ4v) is 0.798. The Kier molecular flexibility index (Phi) is 2.91. The summed E-state index contributed by atoms with van der Waals surface area (Å²) in [5.41, 5.74) is 0.163. The quantitative estimate of drug-likeness (QED) is 0.696. The minimum atomic E-state index is 0.163. The van der Waals surface area contributed by atoms with E-state index in [1.807, 2.05) is 12.1 Å². The predicted molar refractivity (Wildman–Crippen MR) is 53.8 cm³/mol. The topological polar surface area (TPSA) is 22.1 Å². The fourth-order valence-electron chi connectivity index (χ4n) is 0.798. The van der Waals surface area contributed by atoms with E-state index >= 15 is 0 Å². The van der Waals surface area contributed by atoms with Crippen LogP contribution in [0.25, 0.3) is 0 Å². The van der Waals surface area contributed by atoms with Crippen LogP contribution in [0.4, 0.5) is 0 Å². The Morgan fingerprint density at radius 1 is 1.38 bits per heavy atom. The van der Waals surface area contributed by atoms with Gasteiger partial charge in [-0.25, -0.2) is 0 Å². The summed E-state index contributed by atoms with van der Waals surface area (Å²) in [5, 5.41) is 0. The molecule has 0 unspecified atom stereocenters. The molecule has 0 N–H and O–H groups in total. The standard InChI is InChI=1S/C11H17NO/c1-9(11(2,3)4)13-10-6-5-7-12-8-10/h5-9H,1-4H3/t9-/m1/s1. The zero-order valence-corrected chi connectivity index (χ0v) is 8.74. The van der Waals surface area contributed by atoms with Crippen molar-refractivity contribution in [1.29, 1.82) is 0 Å². The summed E-state index contributed by atoms with van der Waals surface area (Å²) in [6.45, 7) is 8.56. The van der Waals surface area contributed by atoms with Gasteiger partial charge >= 0.3 is 0 Å². The van der Waals surface area contributed by atoms with E-state index in [-0.39, 0.29) is 11.5 Å². The number of rotatable bonds is 2. The number of ether oxygens (including phenoxy) is 1. The summed E-state index contributed by atoms with van der Waals surface area (Å²) in [6.07, 6.45) is 3.67. The van der Waals surface area contributed by atoms with Crippen LogP contribution in [0.5, 0.6) is 5.75 Å². The van der Waals surface area contributed by atoms with Gasteiger partial charge < -0.3 is 4.74 Å². The molecule has 1 atom stereocenters. The van der Waals surface area contributed by atoms with Crippen LogP contribution in [-0.4, -0.2) is 11.1 Å². The van der Waals surface area contributed by atoms with E-state index in [4.69, 9.17) is 4.74 Å². The van der Waals surface area contributed by atoms with Crippen molar-refractivity contribution in [2.24, 2.45) is 5.41 Å². The van der Waals surface area contributed by atoms with E-state index in [1.54, 1.807) is 12.4 Å². The average molecular weight is 179 g/mol. The molecule has 0 amide bonds. The molecule has 1 heterocycles. The number of aromatic nitrogens is 1. The molecule has 2 heteroatoms. The van der Waals surface area contributed by atoms with E-state index in [2.05, 4.69) is 32.7 Å². The molecule has 1 aromatic heterocycles. The highest BCUT2D eigenvalue weighted by Crippen LogP contribution is 2.23. The summed E-state index contributed by atoms with van der Waals surface area (Å²) in [6, 6.07) is 3.81. The van der Waals surface area contributed by atoms with E-state index in [0.717, 1.165) is 5.75 Å². The number of nitrogens with zero attached hydrogens (tertiary/aromatic N) is 1. The highest BCUT2D eigenvalue weighted by molar-refractivity contribution is 5.15. The largest absolute Gasteiger partial charge is 0.489 e. The fraction of sp³-hybridized carbons (Fsp3) is 0.545. The van der Waals surface area contributed by atoms with Gasteiger partial charge in [-0.15, -0.1) is 0 Å². The molecule has 0 spiro atoms. The molecule has 0 aliphatic rings. The first-order chi connectivity index (χ1) is 6.00. The van der Waals surface area contributed by atoms with Gasteiger partial charge in [-0.1, -0.05) is 20.8 Å². The predicted octanol–water partition coefficient (Wildman–Crippen LogP) is 2.90. The molecule has 0 bridgehead atoms. The van der Waals surface area contributed by atoms with Crippen LogP contribution < -0.4 is 4.74 Å². The van der Waals surface area contributed by atoms with Gasteiger partial charge in [0, 0.05) is 6.20 Å². The van der Waals surface area contributed by atoms with Gasteiger partial charge in [-0.3, -0.25) is 4.98 Å². The van der Waals surface area contributed by atoms with Crippen LogP contribution in [0, 0.1) is 5.41 Å². The van der Waals surface area contributed by atoms with Crippen molar-refractivity contribution >= 4 is 0 Å².